The molecule has 8 heteroatoms. The van der Waals surface area contributed by atoms with E-state index in [0.29, 0.717) is 41.7 Å². The number of hydrogen-bond acceptors (Lipinski definition) is 4. The number of nitrogens with one attached hydrogen (secondary N) is 2. The first-order valence-electron chi connectivity index (χ1n) is 9.38. The Balaban J connectivity index is 1.87. The van der Waals surface area contributed by atoms with Gasteiger partial charge in [-0.3, -0.25) is 4.79 Å². The second kappa shape index (κ2) is 7.97. The number of hydrogen-bond donors (Lipinski definition) is 2. The van der Waals surface area contributed by atoms with Gasteiger partial charge in [0.25, 0.3) is 5.91 Å². The number of piperidine rings is 1. The van der Waals surface area contributed by atoms with Crippen LogP contribution in [0.25, 0.3) is 0 Å². The highest BCUT2D eigenvalue weighted by Crippen LogP contribution is 2.30. The van der Waals surface area contributed by atoms with Crippen molar-refractivity contribution in [3.05, 3.63) is 41.2 Å². The van der Waals surface area contributed by atoms with Crippen LogP contribution in [0.4, 0.5) is 5.69 Å². The minimum absolute atomic E-state index is 0.206. The summed E-state index contributed by atoms with van der Waals surface area (Å²) >= 11 is 0. The number of anilines is 1. The fourth-order valence-corrected chi connectivity index (χ4v) is 5.47. The van der Waals surface area contributed by atoms with Gasteiger partial charge in [-0.2, -0.15) is 4.31 Å². The smallest absolute Gasteiger partial charge is 0.272 e. The lowest BCUT2D eigenvalue weighted by Gasteiger charge is -2.29. The molecule has 7 nitrogen and oxygen atoms in total. The quantitative estimate of drug-likeness (QED) is 0.798. The average Bonchev–Trinajstić information content (AvgIpc) is 2.97. The van der Waals surface area contributed by atoms with Gasteiger partial charge in [-0.1, -0.05) is 13.0 Å². The van der Waals surface area contributed by atoms with Gasteiger partial charge in [0.2, 0.25) is 10.0 Å². The minimum atomic E-state index is -3.64. The molecule has 0 spiro atoms. The number of aromatic nitrogens is 1. The molecule has 1 fully saturated rings. The molecule has 2 aromatic rings. The molecule has 0 saturated carbocycles. The van der Waals surface area contributed by atoms with E-state index < -0.39 is 10.0 Å². The lowest BCUT2D eigenvalue weighted by molar-refractivity contribution is 0.102. The maximum absolute atomic E-state index is 13.2. The van der Waals surface area contributed by atoms with Crippen molar-refractivity contribution < 1.29 is 17.9 Å². The third kappa shape index (κ3) is 3.93. The zero-order chi connectivity index (χ0) is 20.5. The lowest BCUT2D eigenvalue weighted by Crippen LogP contribution is -2.38. The molecule has 2 heterocycles. The van der Waals surface area contributed by atoms with Gasteiger partial charge >= 0.3 is 0 Å². The van der Waals surface area contributed by atoms with Crippen molar-refractivity contribution in [3.8, 4) is 5.75 Å². The molecule has 0 aliphatic carbocycles. The maximum Gasteiger partial charge on any atom is 0.272 e. The van der Waals surface area contributed by atoms with Crippen LogP contribution in [0.3, 0.4) is 0 Å². The van der Waals surface area contributed by atoms with E-state index in [9.17, 15) is 13.2 Å². The number of rotatable bonds is 5. The molecule has 1 aliphatic rings. The van der Waals surface area contributed by atoms with Crippen molar-refractivity contribution in [1.82, 2.24) is 9.29 Å². The summed E-state index contributed by atoms with van der Waals surface area (Å²) in [7, 11) is -2.09. The molecule has 0 radical (unpaired) electrons. The van der Waals surface area contributed by atoms with Crippen LogP contribution < -0.4 is 10.1 Å². The second-order valence-corrected chi connectivity index (χ2v) is 9.23. The molecule has 1 aromatic carbocycles. The Morgan fingerprint density at radius 3 is 2.57 bits per heavy atom. The maximum atomic E-state index is 13.2. The molecular formula is C20H27N3O4S. The molecule has 28 heavy (non-hydrogen) atoms. The van der Waals surface area contributed by atoms with Crippen molar-refractivity contribution in [3.63, 3.8) is 0 Å². The van der Waals surface area contributed by atoms with Crippen LogP contribution in [-0.2, 0) is 10.0 Å². The van der Waals surface area contributed by atoms with Crippen LogP contribution in [0.5, 0.6) is 5.75 Å². The predicted octanol–water partition coefficient (Wildman–Crippen LogP) is 3.31. The van der Waals surface area contributed by atoms with Crippen LogP contribution in [0.1, 0.15) is 41.5 Å². The summed E-state index contributed by atoms with van der Waals surface area (Å²) in [6.07, 6.45) is 1.70. The zero-order valence-corrected chi connectivity index (χ0v) is 17.5. The molecule has 152 valence electrons. The predicted molar refractivity (Wildman–Crippen MR) is 108 cm³/mol. The SMILES string of the molecule is COc1cccc(NC(=O)c2[nH]c(C)c(S(=O)(=O)N3CCC(C)CC3)c2C)c1. The molecule has 0 unspecified atom stereocenters. The van der Waals surface area contributed by atoms with E-state index in [1.807, 2.05) is 0 Å². The highest BCUT2D eigenvalue weighted by Gasteiger charge is 2.33. The Labute approximate surface area is 166 Å². The monoisotopic (exact) mass is 405 g/mol. The number of amides is 1. The Morgan fingerprint density at radius 1 is 1.25 bits per heavy atom. The van der Waals surface area contributed by atoms with Gasteiger partial charge in [0, 0.05) is 30.5 Å². The molecule has 1 saturated heterocycles. The molecule has 2 N–H and O–H groups in total. The fourth-order valence-electron chi connectivity index (χ4n) is 3.60. The number of carbonyl (C=O) groups excluding carboxylic acids is 1. The number of sulfonamides is 1. The summed E-state index contributed by atoms with van der Waals surface area (Å²) in [5.74, 6) is 0.770. The third-order valence-corrected chi connectivity index (χ3v) is 7.44. The van der Waals surface area contributed by atoms with Gasteiger partial charge in [-0.25, -0.2) is 8.42 Å². The molecule has 1 aromatic heterocycles. The lowest BCUT2D eigenvalue weighted by atomic mass is 10.0. The Bertz CT molecular complexity index is 973. The number of ether oxygens (including phenoxy) is 1. The summed E-state index contributed by atoms with van der Waals surface area (Å²) in [6, 6.07) is 7.01. The largest absolute Gasteiger partial charge is 0.497 e. The van der Waals surface area contributed by atoms with Crippen LogP contribution in [-0.4, -0.2) is 43.8 Å². The molecule has 1 aliphatic heterocycles. The number of nitrogens with zero attached hydrogens (tertiary/aromatic N) is 1. The van der Waals surface area contributed by atoms with Gasteiger partial charge in [0.1, 0.15) is 16.3 Å². The first-order valence-corrected chi connectivity index (χ1v) is 10.8. The van der Waals surface area contributed by atoms with Crippen molar-refractivity contribution in [2.75, 3.05) is 25.5 Å². The third-order valence-electron chi connectivity index (χ3n) is 5.26. The van der Waals surface area contributed by atoms with E-state index in [0.717, 1.165) is 12.8 Å². The molecule has 1 amide bonds. The fraction of sp³-hybridized carbons (Fsp3) is 0.450. The number of aryl methyl sites for hydroxylation is 1. The highest BCUT2D eigenvalue weighted by atomic mass is 32.2. The van der Waals surface area contributed by atoms with E-state index in [4.69, 9.17) is 4.74 Å². The van der Waals surface area contributed by atoms with E-state index in [1.54, 1.807) is 45.2 Å². The number of carbonyl (C=O) groups is 1. The standard InChI is InChI=1S/C20H27N3O4S/c1-13-8-10-23(11-9-13)28(25,26)19-14(2)18(21-15(19)3)20(24)22-16-6-5-7-17(12-16)27-4/h5-7,12-13,21H,8-11H2,1-4H3,(H,22,24). The normalized spacial score (nSPS) is 16.1. The number of aromatic amines is 1. The van der Waals surface area contributed by atoms with Crippen molar-refractivity contribution in [1.29, 1.82) is 0 Å². The first kappa shape index (κ1) is 20.4. The van der Waals surface area contributed by atoms with Gasteiger partial charge < -0.3 is 15.0 Å². The Hall–Kier alpha value is -2.32. The summed E-state index contributed by atoms with van der Waals surface area (Å²) in [4.78, 5) is 15.9. The topological polar surface area (TPSA) is 91.5 Å². The van der Waals surface area contributed by atoms with Gasteiger partial charge in [0.15, 0.2) is 0 Å². The molecule has 0 bridgehead atoms. The summed E-state index contributed by atoms with van der Waals surface area (Å²) < 4.78 is 33.0. The second-order valence-electron chi connectivity index (χ2n) is 7.35. The van der Waals surface area contributed by atoms with E-state index in [-0.39, 0.29) is 16.5 Å². The van der Waals surface area contributed by atoms with Crippen LogP contribution >= 0.6 is 0 Å². The van der Waals surface area contributed by atoms with E-state index >= 15 is 0 Å². The van der Waals surface area contributed by atoms with Crippen molar-refractivity contribution in [2.45, 2.75) is 38.5 Å². The minimum Gasteiger partial charge on any atom is -0.497 e. The first-order chi connectivity index (χ1) is 13.2. The molecular weight excluding hydrogens is 378 g/mol. The molecule has 0 atom stereocenters. The number of H-pyrrole nitrogens is 1. The van der Waals surface area contributed by atoms with E-state index in [2.05, 4.69) is 17.2 Å². The van der Waals surface area contributed by atoms with Crippen molar-refractivity contribution >= 4 is 21.6 Å². The Kier molecular flexibility index (Phi) is 5.81. The van der Waals surface area contributed by atoms with E-state index in [1.165, 1.54) is 4.31 Å². The van der Waals surface area contributed by atoms with Gasteiger partial charge in [-0.05, 0) is 50.3 Å². The van der Waals surface area contributed by atoms with Crippen LogP contribution in [0, 0.1) is 19.8 Å². The molecule has 3 rings (SSSR count). The van der Waals surface area contributed by atoms with Crippen LogP contribution in [0.2, 0.25) is 0 Å². The van der Waals surface area contributed by atoms with Crippen molar-refractivity contribution in [2.24, 2.45) is 5.92 Å². The summed E-state index contributed by atoms with van der Waals surface area (Å²) in [5.41, 5.74) is 1.75. The summed E-state index contributed by atoms with van der Waals surface area (Å²) in [6.45, 7) is 6.52. The number of benzene rings is 1. The highest BCUT2D eigenvalue weighted by molar-refractivity contribution is 7.89. The van der Waals surface area contributed by atoms with Gasteiger partial charge in [-0.15, -0.1) is 0 Å². The average molecular weight is 406 g/mol. The van der Waals surface area contributed by atoms with Crippen LogP contribution in [0.15, 0.2) is 29.2 Å². The Morgan fingerprint density at radius 2 is 1.93 bits per heavy atom. The zero-order valence-electron chi connectivity index (χ0n) is 16.7. The summed E-state index contributed by atoms with van der Waals surface area (Å²) in [5, 5.41) is 2.79. The number of methoxy groups -OCH3 is 1. The van der Waals surface area contributed by atoms with Gasteiger partial charge in [0.05, 0.1) is 7.11 Å².